The minimum Gasteiger partial charge on any atom is -0.507 e. The first-order valence-corrected chi connectivity index (χ1v) is 12.6. The maximum Gasteiger partial charge on any atom is 0.302 e. The topological polar surface area (TPSA) is 119 Å². The van der Waals surface area contributed by atoms with Gasteiger partial charge >= 0.3 is 5.97 Å². The summed E-state index contributed by atoms with van der Waals surface area (Å²) in [6, 6.07) is 1.16. The number of ketones is 2. The van der Waals surface area contributed by atoms with E-state index in [2.05, 4.69) is 0 Å². The first-order chi connectivity index (χ1) is 17.4. The molecule has 5 atom stereocenters. The zero-order valence-electron chi connectivity index (χ0n) is 21.7. The van der Waals surface area contributed by atoms with Crippen LogP contribution < -0.4 is 4.74 Å². The minimum absolute atomic E-state index is 0.00958. The number of carbonyl (C=O) groups excluding carboxylic acids is 3. The summed E-state index contributed by atoms with van der Waals surface area (Å²) in [4.78, 5) is 39.8. The Morgan fingerprint density at radius 1 is 1.11 bits per heavy atom. The second-order valence-corrected chi connectivity index (χ2v) is 10.9. The second-order valence-electron chi connectivity index (χ2n) is 10.9. The summed E-state index contributed by atoms with van der Waals surface area (Å²) in [5.41, 5.74) is -0.360. The van der Waals surface area contributed by atoms with Crippen LogP contribution in [0.5, 0.6) is 17.2 Å². The van der Waals surface area contributed by atoms with Gasteiger partial charge < -0.3 is 24.4 Å². The molecule has 2 fully saturated rings. The Bertz CT molecular complexity index is 1310. The third kappa shape index (κ3) is 3.41. The number of rotatable bonds is 6. The summed E-state index contributed by atoms with van der Waals surface area (Å²) in [5, 5.41) is 21.5. The summed E-state index contributed by atoms with van der Waals surface area (Å²) in [6.07, 6.45) is 5.88. The largest absolute Gasteiger partial charge is 0.507 e. The van der Waals surface area contributed by atoms with E-state index < -0.39 is 40.7 Å². The van der Waals surface area contributed by atoms with Gasteiger partial charge in [0.1, 0.15) is 22.8 Å². The molecule has 196 valence electrons. The molecule has 37 heavy (non-hydrogen) atoms. The van der Waals surface area contributed by atoms with Crippen LogP contribution in [-0.4, -0.2) is 52.2 Å². The van der Waals surface area contributed by atoms with Gasteiger partial charge in [0.05, 0.1) is 13.2 Å². The molecule has 1 saturated heterocycles. The molecule has 8 nitrogen and oxygen atoms in total. The smallest absolute Gasteiger partial charge is 0.302 e. The van der Waals surface area contributed by atoms with E-state index in [-0.39, 0.29) is 60.2 Å². The fraction of sp³-hybridized carbons (Fsp3) is 0.483. The highest BCUT2D eigenvalue weighted by molar-refractivity contribution is 6.18. The van der Waals surface area contributed by atoms with Crippen LogP contribution in [0, 0.1) is 17.8 Å². The maximum atomic E-state index is 14.1. The zero-order chi connectivity index (χ0) is 26.9. The molecular formula is C29H32O8. The molecule has 1 aromatic carbocycles. The van der Waals surface area contributed by atoms with Gasteiger partial charge in [0.2, 0.25) is 0 Å². The Hall–Kier alpha value is -3.39. The molecule has 2 heterocycles. The quantitative estimate of drug-likeness (QED) is 0.438. The molecule has 0 amide bonds. The predicted octanol–water partition coefficient (Wildman–Crippen LogP) is 3.98. The van der Waals surface area contributed by atoms with Crippen molar-refractivity contribution in [3.05, 3.63) is 52.1 Å². The zero-order valence-corrected chi connectivity index (χ0v) is 21.7. The molecule has 0 aromatic heterocycles. The van der Waals surface area contributed by atoms with Gasteiger partial charge in [-0.25, -0.2) is 0 Å². The van der Waals surface area contributed by atoms with Crippen molar-refractivity contribution in [1.29, 1.82) is 0 Å². The summed E-state index contributed by atoms with van der Waals surface area (Å²) < 4.78 is 18.5. The van der Waals surface area contributed by atoms with Gasteiger partial charge in [0.25, 0.3) is 0 Å². The Morgan fingerprint density at radius 2 is 1.81 bits per heavy atom. The van der Waals surface area contributed by atoms with Crippen LogP contribution in [-0.2, 0) is 25.5 Å². The van der Waals surface area contributed by atoms with Crippen LogP contribution in [0.25, 0.3) is 0 Å². The number of Topliss-reactive ketones (excluding diaryl/α,β-unsaturated/α-hetero) is 2. The first kappa shape index (κ1) is 25.3. The highest BCUT2D eigenvalue weighted by Crippen LogP contribution is 2.65. The number of phenols is 2. The summed E-state index contributed by atoms with van der Waals surface area (Å²) in [5.74, 6) is -3.25. The minimum atomic E-state index is -1.49. The Labute approximate surface area is 215 Å². The van der Waals surface area contributed by atoms with E-state index in [1.807, 2.05) is 39.8 Å². The molecule has 4 bridgehead atoms. The Balaban J connectivity index is 1.76. The van der Waals surface area contributed by atoms with Crippen LogP contribution in [0.15, 0.2) is 41.0 Å². The third-order valence-electron chi connectivity index (χ3n) is 8.12. The number of allylic oxidation sites excluding steroid dienone is 4. The van der Waals surface area contributed by atoms with E-state index in [1.165, 1.54) is 6.92 Å². The van der Waals surface area contributed by atoms with Crippen LogP contribution in [0.1, 0.15) is 57.0 Å². The second kappa shape index (κ2) is 8.58. The van der Waals surface area contributed by atoms with Gasteiger partial charge in [0.15, 0.2) is 22.8 Å². The van der Waals surface area contributed by atoms with Gasteiger partial charge in [-0.2, -0.15) is 0 Å². The number of aromatic hydroxyl groups is 2. The lowest BCUT2D eigenvalue weighted by Crippen LogP contribution is -2.74. The Morgan fingerprint density at radius 3 is 2.46 bits per heavy atom. The van der Waals surface area contributed by atoms with E-state index in [0.717, 1.165) is 17.2 Å². The predicted molar refractivity (Wildman–Crippen MR) is 134 cm³/mol. The molecule has 2 N–H and O–H groups in total. The fourth-order valence-electron chi connectivity index (χ4n) is 6.42. The Kier molecular flexibility index (Phi) is 5.86. The van der Waals surface area contributed by atoms with Crippen molar-refractivity contribution < 1.29 is 38.8 Å². The van der Waals surface area contributed by atoms with Crippen molar-refractivity contribution in [3.8, 4) is 17.2 Å². The summed E-state index contributed by atoms with van der Waals surface area (Å²) in [6.45, 7) is 9.11. The third-order valence-corrected chi connectivity index (χ3v) is 8.12. The lowest BCUT2D eigenvalue weighted by molar-refractivity contribution is -0.174. The van der Waals surface area contributed by atoms with E-state index in [1.54, 1.807) is 6.08 Å². The van der Waals surface area contributed by atoms with Gasteiger partial charge in [-0.1, -0.05) is 29.4 Å². The number of benzene rings is 1. The van der Waals surface area contributed by atoms with Crippen LogP contribution in [0.4, 0.5) is 0 Å². The molecule has 0 radical (unpaired) electrons. The molecule has 8 heteroatoms. The number of ether oxygens (including phenoxy) is 3. The monoisotopic (exact) mass is 508 g/mol. The molecule has 1 saturated carbocycles. The number of hydrogen-bond acceptors (Lipinski definition) is 8. The van der Waals surface area contributed by atoms with E-state index in [9.17, 15) is 24.6 Å². The van der Waals surface area contributed by atoms with Gasteiger partial charge in [0, 0.05) is 48.3 Å². The highest BCUT2D eigenvalue weighted by Gasteiger charge is 2.79. The number of hydrogen-bond donors (Lipinski definition) is 2. The standard InChI is InChI=1S/C29H32O8/c1-14(2)6-7-17-22(31)11-23(32)24-25(33)20-10-18-19(12-35-16(5)30)21-13-36-28(27(18)34,9-8-15(3)4)29(20,21)37-26(17)24/h6,8,10-11,18-19,21,31-32H,7,9,12-13H2,1-5H3/t18-,19+,21-,28?,29-/m1/s1. The lowest BCUT2D eigenvalue weighted by atomic mass is 9.49. The van der Waals surface area contributed by atoms with Crippen molar-refractivity contribution in [1.82, 2.24) is 0 Å². The average Bonchev–Trinajstić information content (AvgIpc) is 3.09. The van der Waals surface area contributed by atoms with Crippen molar-refractivity contribution in [2.45, 2.75) is 58.7 Å². The maximum absolute atomic E-state index is 14.1. The molecule has 3 aliphatic carbocycles. The van der Waals surface area contributed by atoms with Crippen molar-refractivity contribution in [2.75, 3.05) is 13.2 Å². The van der Waals surface area contributed by atoms with Gasteiger partial charge in [-0.05, 0) is 34.1 Å². The number of carbonyl (C=O) groups is 3. The molecule has 6 rings (SSSR count). The molecule has 1 unspecified atom stereocenters. The SMILES string of the molecule is CC(=O)OC[C@@H]1[C@H]2COC3(CC=C(C)C)C(=O)[C@@H]1C=C1C(=O)c4c(O)cc(O)c(CC=C(C)C)c4O[C@]123. The first-order valence-electron chi connectivity index (χ1n) is 12.6. The normalized spacial score (nSPS) is 30.6. The molecule has 2 aliphatic heterocycles. The van der Waals surface area contributed by atoms with Crippen molar-refractivity contribution in [2.24, 2.45) is 17.8 Å². The van der Waals surface area contributed by atoms with E-state index in [4.69, 9.17) is 14.2 Å². The molecule has 1 aromatic rings. The summed E-state index contributed by atoms with van der Waals surface area (Å²) >= 11 is 0. The number of phenolic OH excluding ortho intramolecular Hbond substituents is 2. The molecule has 5 aliphatic rings. The van der Waals surface area contributed by atoms with E-state index >= 15 is 0 Å². The fourth-order valence-corrected chi connectivity index (χ4v) is 6.42. The van der Waals surface area contributed by atoms with Crippen LogP contribution in [0.2, 0.25) is 0 Å². The van der Waals surface area contributed by atoms with E-state index in [0.29, 0.717) is 5.56 Å². The number of fused-ring (bicyclic) bond motifs is 1. The van der Waals surface area contributed by atoms with Crippen LogP contribution >= 0.6 is 0 Å². The number of esters is 1. The van der Waals surface area contributed by atoms with Crippen molar-refractivity contribution in [3.63, 3.8) is 0 Å². The summed E-state index contributed by atoms with van der Waals surface area (Å²) in [7, 11) is 0. The molecular weight excluding hydrogens is 476 g/mol. The van der Waals surface area contributed by atoms with Gasteiger partial charge in [-0.3, -0.25) is 14.4 Å². The van der Waals surface area contributed by atoms with Gasteiger partial charge in [-0.15, -0.1) is 0 Å². The highest BCUT2D eigenvalue weighted by atomic mass is 16.6. The molecule has 1 spiro atoms. The average molecular weight is 509 g/mol. The lowest BCUT2D eigenvalue weighted by Gasteiger charge is -2.58. The van der Waals surface area contributed by atoms with Crippen LogP contribution in [0.3, 0.4) is 0 Å². The van der Waals surface area contributed by atoms with Crippen molar-refractivity contribution >= 4 is 17.5 Å².